The fourth-order valence-corrected chi connectivity index (χ4v) is 1.78. The molecule has 0 unspecified atom stereocenters. The fourth-order valence-electron chi connectivity index (χ4n) is 1.78. The molecule has 1 heterocycles. The number of hydrogen-bond acceptors (Lipinski definition) is 2. The van der Waals surface area contributed by atoms with E-state index in [1.54, 1.807) is 7.11 Å². The molecule has 0 aromatic rings. The summed E-state index contributed by atoms with van der Waals surface area (Å²) >= 11 is 0. The van der Waals surface area contributed by atoms with Gasteiger partial charge in [-0.25, -0.2) is 0 Å². The SMILES string of the molecule is CC.CC.CC(C)(C)C.CC1CCOCC1.CC[C@H](C)C(C)(C)C.CO[C@H](C)C(C)(C)C. The van der Waals surface area contributed by atoms with Gasteiger partial charge in [0, 0.05) is 20.3 Å². The van der Waals surface area contributed by atoms with E-state index in [4.69, 9.17) is 9.47 Å². The smallest absolute Gasteiger partial charge is 0.0591 e. The summed E-state index contributed by atoms with van der Waals surface area (Å²) in [5.74, 6) is 1.76. The van der Waals surface area contributed by atoms with Gasteiger partial charge < -0.3 is 9.47 Å². The third kappa shape index (κ3) is 43.7. The maximum atomic E-state index is 5.14. The predicted octanol–water partition coefficient (Wildman–Crippen LogP) is 10.7. The van der Waals surface area contributed by atoms with Crippen molar-refractivity contribution in [3.05, 3.63) is 0 Å². The first kappa shape index (κ1) is 42.1. The zero-order chi connectivity index (χ0) is 27.2. The van der Waals surface area contributed by atoms with Gasteiger partial charge in [-0.3, -0.25) is 0 Å². The second-order valence-electron chi connectivity index (χ2n) is 12.2. The molecule has 202 valence electrons. The molecule has 1 aliphatic heterocycles. The normalized spacial score (nSPS) is 15.8. The molecule has 1 rings (SSSR count). The summed E-state index contributed by atoms with van der Waals surface area (Å²) in [4.78, 5) is 0. The van der Waals surface area contributed by atoms with E-state index in [-0.39, 0.29) is 5.41 Å². The molecule has 1 aliphatic rings. The lowest BCUT2D eigenvalue weighted by Crippen LogP contribution is -2.24. The van der Waals surface area contributed by atoms with Crippen molar-refractivity contribution in [3.8, 4) is 0 Å². The lowest BCUT2D eigenvalue weighted by atomic mass is 9.81. The monoisotopic (exact) mass is 463 g/mol. The molecular weight excluding hydrogens is 392 g/mol. The first-order valence-electron chi connectivity index (χ1n) is 13.5. The minimum absolute atomic E-state index is 0.286. The van der Waals surface area contributed by atoms with Gasteiger partial charge in [0.15, 0.2) is 0 Å². The zero-order valence-electron chi connectivity index (χ0n) is 26.6. The van der Waals surface area contributed by atoms with Crippen LogP contribution in [0.15, 0.2) is 0 Å². The molecule has 1 saturated heterocycles. The highest BCUT2D eigenvalue weighted by Gasteiger charge is 2.18. The molecule has 2 nitrogen and oxygen atoms in total. The number of rotatable bonds is 2. The lowest BCUT2D eigenvalue weighted by molar-refractivity contribution is 0.0314. The van der Waals surface area contributed by atoms with Crippen LogP contribution in [0.1, 0.15) is 144 Å². The van der Waals surface area contributed by atoms with Gasteiger partial charge in [-0.2, -0.15) is 0 Å². The molecule has 32 heavy (non-hydrogen) atoms. The third-order valence-corrected chi connectivity index (χ3v) is 5.17. The standard InChI is InChI=1S/C8H18.C7H16O.C6H12O.C5H12.2C2H6/c1-6-7(2)8(3,4)5;1-6(8-5)7(2,3)4;1-6-2-4-7-5-3-6;1-5(2,3)4;2*1-2/h7H,6H2,1-5H3;6H,1-5H3;6H,2-5H2,1H3;1-4H3;2*1-2H3/t7-;6-;;;;/m01..../s1. The van der Waals surface area contributed by atoms with Crippen LogP contribution in [0.4, 0.5) is 0 Å². The molecule has 0 aromatic carbocycles. The Bertz CT molecular complexity index is 296. The first-order valence-corrected chi connectivity index (χ1v) is 13.5. The average Bonchev–Trinajstić information content (AvgIpc) is 2.68. The van der Waals surface area contributed by atoms with Crippen molar-refractivity contribution < 1.29 is 9.47 Å². The molecule has 0 radical (unpaired) electrons. The van der Waals surface area contributed by atoms with Crippen molar-refractivity contribution in [2.45, 2.75) is 150 Å². The van der Waals surface area contributed by atoms with Gasteiger partial charge in [0.1, 0.15) is 0 Å². The molecular formula is C30H70O2. The molecule has 0 bridgehead atoms. The van der Waals surface area contributed by atoms with Gasteiger partial charge in [-0.05, 0) is 47.8 Å². The quantitative estimate of drug-likeness (QED) is 0.406. The van der Waals surface area contributed by atoms with Gasteiger partial charge in [0.25, 0.3) is 0 Å². The minimum Gasteiger partial charge on any atom is -0.381 e. The predicted molar refractivity (Wildman–Crippen MR) is 152 cm³/mol. The van der Waals surface area contributed by atoms with Gasteiger partial charge in [-0.15, -0.1) is 0 Å². The van der Waals surface area contributed by atoms with Crippen LogP contribution in [0.3, 0.4) is 0 Å². The average molecular weight is 463 g/mol. The minimum atomic E-state index is 0.286. The summed E-state index contributed by atoms with van der Waals surface area (Å²) in [7, 11) is 1.75. The Kier molecular flexibility index (Phi) is 31.7. The van der Waals surface area contributed by atoms with E-state index < -0.39 is 0 Å². The third-order valence-electron chi connectivity index (χ3n) is 5.17. The van der Waals surface area contributed by atoms with E-state index in [1.165, 1.54) is 19.3 Å². The number of methoxy groups -OCH3 is 1. The fraction of sp³-hybridized carbons (Fsp3) is 1.00. The van der Waals surface area contributed by atoms with Crippen LogP contribution in [0.25, 0.3) is 0 Å². The Labute approximate surface area is 208 Å². The molecule has 2 atom stereocenters. The van der Waals surface area contributed by atoms with Crippen molar-refractivity contribution >= 4 is 0 Å². The highest BCUT2D eigenvalue weighted by atomic mass is 16.5. The zero-order valence-corrected chi connectivity index (χ0v) is 26.6. The molecule has 0 N–H and O–H groups in total. The topological polar surface area (TPSA) is 18.5 Å². The van der Waals surface area contributed by atoms with Gasteiger partial charge >= 0.3 is 0 Å². The maximum Gasteiger partial charge on any atom is 0.0591 e. The van der Waals surface area contributed by atoms with Crippen molar-refractivity contribution in [1.82, 2.24) is 0 Å². The van der Waals surface area contributed by atoms with Gasteiger partial charge in [0.2, 0.25) is 0 Å². The van der Waals surface area contributed by atoms with Crippen LogP contribution >= 0.6 is 0 Å². The Morgan fingerprint density at radius 2 is 1.06 bits per heavy atom. The van der Waals surface area contributed by atoms with E-state index in [0.717, 1.165) is 25.0 Å². The Hall–Kier alpha value is -0.0800. The van der Waals surface area contributed by atoms with Crippen molar-refractivity contribution in [3.63, 3.8) is 0 Å². The largest absolute Gasteiger partial charge is 0.381 e. The highest BCUT2D eigenvalue weighted by Crippen LogP contribution is 2.27. The van der Waals surface area contributed by atoms with Crippen LogP contribution in [0, 0.1) is 28.1 Å². The summed E-state index contributed by atoms with van der Waals surface area (Å²) in [6.45, 7) is 41.0. The van der Waals surface area contributed by atoms with Crippen LogP contribution < -0.4 is 0 Å². The van der Waals surface area contributed by atoms with Gasteiger partial charge in [0.05, 0.1) is 6.10 Å². The Balaban J connectivity index is -0.0000000970. The van der Waals surface area contributed by atoms with Crippen molar-refractivity contribution in [1.29, 1.82) is 0 Å². The van der Waals surface area contributed by atoms with Crippen LogP contribution in [0.5, 0.6) is 0 Å². The van der Waals surface area contributed by atoms with Crippen LogP contribution in [-0.4, -0.2) is 26.4 Å². The maximum absolute atomic E-state index is 5.14. The summed E-state index contributed by atoms with van der Waals surface area (Å²) in [5.41, 5.74) is 1.30. The highest BCUT2D eigenvalue weighted by molar-refractivity contribution is 4.68. The molecule has 1 fully saturated rings. The van der Waals surface area contributed by atoms with E-state index >= 15 is 0 Å². The summed E-state index contributed by atoms with van der Waals surface area (Å²) in [6.07, 6.45) is 4.17. The second kappa shape index (κ2) is 24.1. The van der Waals surface area contributed by atoms with Gasteiger partial charge in [-0.1, -0.05) is 124 Å². The molecule has 0 aromatic heterocycles. The Morgan fingerprint density at radius 3 is 1.12 bits per heavy atom. The Morgan fingerprint density at radius 1 is 0.750 bits per heavy atom. The van der Waals surface area contributed by atoms with Crippen molar-refractivity contribution in [2.24, 2.45) is 28.1 Å². The van der Waals surface area contributed by atoms with Crippen molar-refractivity contribution in [2.75, 3.05) is 20.3 Å². The first-order chi connectivity index (χ1) is 14.4. The van der Waals surface area contributed by atoms with E-state index in [9.17, 15) is 0 Å². The second-order valence-corrected chi connectivity index (χ2v) is 12.2. The summed E-state index contributed by atoms with van der Waals surface area (Å²) < 4.78 is 10.3. The summed E-state index contributed by atoms with van der Waals surface area (Å²) in [6, 6.07) is 0. The molecule has 0 saturated carbocycles. The number of ether oxygens (including phenoxy) is 2. The molecule has 0 amide bonds. The van der Waals surface area contributed by atoms with E-state index in [1.807, 2.05) is 27.7 Å². The van der Waals surface area contributed by atoms with Crippen LogP contribution in [-0.2, 0) is 9.47 Å². The van der Waals surface area contributed by atoms with E-state index in [0.29, 0.717) is 16.9 Å². The number of hydrogen-bond donors (Lipinski definition) is 0. The molecule has 0 aliphatic carbocycles. The molecule has 0 spiro atoms. The lowest BCUT2D eigenvalue weighted by Gasteiger charge is -2.25. The van der Waals surface area contributed by atoms with Crippen LogP contribution in [0.2, 0.25) is 0 Å². The molecule has 2 heteroatoms. The van der Waals surface area contributed by atoms with E-state index in [2.05, 4.69) is 96.9 Å². The summed E-state index contributed by atoms with van der Waals surface area (Å²) in [5, 5.41) is 0.